The number of ether oxygens (including phenoxy) is 3. The summed E-state index contributed by atoms with van der Waals surface area (Å²) in [7, 11) is 2.57. The molecule has 0 saturated heterocycles. The Balaban J connectivity index is 1.65. The number of aryl methyl sites for hydroxylation is 1. The normalized spacial score (nSPS) is 15.6. The minimum absolute atomic E-state index is 0.0272. The number of amides is 1. The lowest BCUT2D eigenvalue weighted by Gasteiger charge is -2.36. The lowest BCUT2D eigenvalue weighted by molar-refractivity contribution is 0.0984. The fraction of sp³-hybridized carbons (Fsp3) is 0.433. The van der Waals surface area contributed by atoms with E-state index < -0.39 is 8.32 Å². The molecule has 40 heavy (non-hydrogen) atoms. The zero-order valence-corrected chi connectivity index (χ0v) is 27.3. The number of rotatable bonds is 7. The Kier molecular flexibility index (Phi) is 7.15. The van der Waals surface area contributed by atoms with Crippen LogP contribution in [0.4, 0.5) is 5.69 Å². The summed E-state index contributed by atoms with van der Waals surface area (Å²) in [6.07, 6.45) is 0. The summed E-state index contributed by atoms with van der Waals surface area (Å²) in [4.78, 5) is 22.9. The fourth-order valence-corrected chi connectivity index (χ4v) is 6.85. The van der Waals surface area contributed by atoms with Crippen molar-refractivity contribution in [3.8, 4) is 23.0 Å². The summed E-state index contributed by atoms with van der Waals surface area (Å²) in [6.45, 7) is 13.8. The van der Waals surface area contributed by atoms with E-state index in [1.807, 2.05) is 17.0 Å². The van der Waals surface area contributed by atoms with Crippen LogP contribution >= 0.6 is 15.9 Å². The molecule has 2 aromatic carbocycles. The number of fused-ring (bicyclic) bond motifs is 4. The van der Waals surface area contributed by atoms with Gasteiger partial charge in [0.2, 0.25) is 5.75 Å². The van der Waals surface area contributed by atoms with Crippen molar-refractivity contribution in [3.05, 3.63) is 41.2 Å². The largest absolute Gasteiger partial charge is 0.542 e. The first kappa shape index (κ1) is 28.4. The highest BCUT2D eigenvalue weighted by Crippen LogP contribution is 2.49. The van der Waals surface area contributed by atoms with E-state index >= 15 is 0 Å². The highest BCUT2D eigenvalue weighted by atomic mass is 79.9. The highest BCUT2D eigenvalue weighted by Gasteiger charge is 2.41. The molecule has 3 heterocycles. The molecule has 1 atom stereocenters. The van der Waals surface area contributed by atoms with Gasteiger partial charge in [0.05, 0.1) is 38.1 Å². The molecule has 1 amide bonds. The number of carbonyl (C=O) groups is 1. The van der Waals surface area contributed by atoms with Crippen LogP contribution in [0.25, 0.3) is 21.8 Å². The van der Waals surface area contributed by atoms with E-state index in [-0.39, 0.29) is 16.9 Å². The number of hydrogen-bond acceptors (Lipinski definition) is 5. The van der Waals surface area contributed by atoms with Gasteiger partial charge >= 0.3 is 0 Å². The first-order valence-electron chi connectivity index (χ1n) is 13.4. The van der Waals surface area contributed by atoms with Gasteiger partial charge in [0.15, 0.2) is 11.5 Å². The average Bonchev–Trinajstić information content (AvgIpc) is 3.60. The predicted molar refractivity (Wildman–Crippen MR) is 167 cm³/mol. The second-order valence-corrected chi connectivity index (χ2v) is 17.3. The molecular formula is C30H38BrN3O5Si. The van der Waals surface area contributed by atoms with Crippen LogP contribution < -0.4 is 23.5 Å². The van der Waals surface area contributed by atoms with Crippen molar-refractivity contribution in [2.45, 2.75) is 51.7 Å². The first-order valence-corrected chi connectivity index (χ1v) is 17.4. The second-order valence-electron chi connectivity index (χ2n) is 12.0. The number of anilines is 1. The lowest BCUT2D eigenvalue weighted by Crippen LogP contribution is -2.44. The van der Waals surface area contributed by atoms with E-state index in [0.29, 0.717) is 35.0 Å². The van der Waals surface area contributed by atoms with Crippen molar-refractivity contribution in [2.24, 2.45) is 0 Å². The number of aromatic nitrogens is 2. The summed E-state index contributed by atoms with van der Waals surface area (Å²) in [6, 6.07) is 7.92. The molecule has 0 spiro atoms. The van der Waals surface area contributed by atoms with Crippen LogP contribution in [-0.4, -0.2) is 57.4 Å². The third-order valence-electron chi connectivity index (χ3n) is 8.39. The molecular weight excluding hydrogens is 590 g/mol. The summed E-state index contributed by atoms with van der Waals surface area (Å²) >= 11 is 3.72. The van der Waals surface area contributed by atoms with E-state index in [1.54, 1.807) is 21.3 Å². The Labute approximate surface area is 244 Å². The van der Waals surface area contributed by atoms with Gasteiger partial charge in [0.1, 0.15) is 11.4 Å². The monoisotopic (exact) mass is 627 g/mol. The first-order chi connectivity index (χ1) is 18.8. The van der Waals surface area contributed by atoms with Gasteiger partial charge in [-0.1, -0.05) is 36.7 Å². The van der Waals surface area contributed by atoms with Crippen molar-refractivity contribution in [1.29, 1.82) is 0 Å². The maximum absolute atomic E-state index is 14.2. The summed E-state index contributed by atoms with van der Waals surface area (Å²) in [5.74, 6) is 2.32. The molecule has 214 valence electrons. The zero-order valence-electron chi connectivity index (χ0n) is 24.7. The molecule has 1 aliphatic heterocycles. The van der Waals surface area contributed by atoms with E-state index in [9.17, 15) is 4.79 Å². The molecule has 1 unspecified atom stereocenters. The van der Waals surface area contributed by atoms with Gasteiger partial charge in [0, 0.05) is 40.3 Å². The van der Waals surface area contributed by atoms with Crippen molar-refractivity contribution in [2.75, 3.05) is 38.1 Å². The van der Waals surface area contributed by atoms with Gasteiger partial charge in [-0.2, -0.15) is 0 Å². The molecule has 2 aromatic heterocycles. The molecule has 0 radical (unpaired) electrons. The average molecular weight is 629 g/mol. The van der Waals surface area contributed by atoms with E-state index in [1.165, 1.54) is 0 Å². The minimum atomic E-state index is -2.15. The molecule has 4 aromatic rings. The van der Waals surface area contributed by atoms with Gasteiger partial charge in [-0.15, -0.1) is 0 Å². The highest BCUT2D eigenvalue weighted by molar-refractivity contribution is 9.09. The van der Waals surface area contributed by atoms with E-state index in [0.717, 1.165) is 44.3 Å². The molecule has 2 N–H and O–H groups in total. The predicted octanol–water partition coefficient (Wildman–Crippen LogP) is 7.51. The number of nitrogens with zero attached hydrogens (tertiary/aromatic N) is 1. The van der Waals surface area contributed by atoms with Crippen LogP contribution in [0.2, 0.25) is 18.1 Å². The molecule has 0 bridgehead atoms. The smallest absolute Gasteiger partial charge is 0.274 e. The Morgan fingerprint density at radius 1 is 1.00 bits per heavy atom. The number of alkyl halides is 1. The Bertz CT molecular complexity index is 1620. The van der Waals surface area contributed by atoms with Crippen LogP contribution in [0, 0.1) is 6.92 Å². The van der Waals surface area contributed by atoms with Crippen LogP contribution in [0.15, 0.2) is 24.3 Å². The maximum atomic E-state index is 14.2. The number of hydrogen-bond donors (Lipinski definition) is 2. The van der Waals surface area contributed by atoms with Crippen LogP contribution in [0.3, 0.4) is 0 Å². The zero-order chi connectivity index (χ0) is 29.1. The van der Waals surface area contributed by atoms with Crippen LogP contribution in [0.1, 0.15) is 48.4 Å². The maximum Gasteiger partial charge on any atom is 0.274 e. The Hall–Kier alpha value is -3.11. The molecule has 5 rings (SSSR count). The number of benzene rings is 2. The van der Waals surface area contributed by atoms with Gasteiger partial charge in [-0.05, 0) is 48.8 Å². The molecule has 0 aliphatic carbocycles. The third-order valence-corrected chi connectivity index (χ3v) is 13.5. The number of carbonyl (C=O) groups excluding carboxylic acids is 1. The molecule has 10 heteroatoms. The van der Waals surface area contributed by atoms with Crippen molar-refractivity contribution < 1.29 is 23.4 Å². The standard InChI is InChI=1S/C30H38BrN3O5Si/c1-16-10-19-24-18(14-31)15-34(21(24)13-22(26(19)32-16)39-40(8,9)30(2,3)4)29(35)20-11-17-12-23(36-5)27(37-6)28(38-7)25(17)33-20/h10-13,18,32-33H,14-15H2,1-9H3. The summed E-state index contributed by atoms with van der Waals surface area (Å²) < 4.78 is 23.6. The van der Waals surface area contributed by atoms with E-state index in [2.05, 4.69) is 78.8 Å². The fourth-order valence-electron chi connectivity index (χ4n) is 5.30. The quantitative estimate of drug-likeness (QED) is 0.163. The van der Waals surface area contributed by atoms with Crippen molar-refractivity contribution >= 4 is 57.6 Å². The second kappa shape index (κ2) is 10.1. The number of aromatic amines is 2. The molecule has 0 fully saturated rings. The van der Waals surface area contributed by atoms with Crippen LogP contribution in [0.5, 0.6) is 23.0 Å². The third kappa shape index (κ3) is 4.45. The van der Waals surface area contributed by atoms with Crippen LogP contribution in [-0.2, 0) is 0 Å². The van der Waals surface area contributed by atoms with Gasteiger partial charge in [0.25, 0.3) is 14.2 Å². The van der Waals surface area contributed by atoms with Gasteiger partial charge in [-0.25, -0.2) is 0 Å². The molecule has 8 nitrogen and oxygen atoms in total. The Morgan fingerprint density at radius 3 is 2.30 bits per heavy atom. The van der Waals surface area contributed by atoms with E-state index in [4.69, 9.17) is 18.6 Å². The number of H-pyrrole nitrogens is 2. The van der Waals surface area contributed by atoms with Gasteiger partial charge < -0.3 is 33.5 Å². The molecule has 1 aliphatic rings. The number of halogens is 1. The van der Waals surface area contributed by atoms with Gasteiger partial charge in [-0.3, -0.25) is 4.79 Å². The summed E-state index contributed by atoms with van der Waals surface area (Å²) in [5.41, 5.74) is 5.24. The lowest BCUT2D eigenvalue weighted by atomic mass is 9.99. The number of nitrogens with one attached hydrogen (secondary N) is 2. The summed E-state index contributed by atoms with van der Waals surface area (Å²) in [5, 5.41) is 2.67. The van der Waals surface area contributed by atoms with Crippen molar-refractivity contribution in [3.63, 3.8) is 0 Å². The van der Waals surface area contributed by atoms with Crippen molar-refractivity contribution in [1.82, 2.24) is 9.97 Å². The Morgan fingerprint density at radius 2 is 1.70 bits per heavy atom. The minimum Gasteiger partial charge on any atom is -0.542 e. The molecule has 0 saturated carbocycles. The number of methoxy groups -OCH3 is 3. The SMILES string of the molecule is COc1cc2cc(C(=O)N3CC(CBr)c4c3cc(O[Si](C)(C)C(C)(C)C)c3[nH]c(C)cc43)[nH]c2c(OC)c1OC. The topological polar surface area (TPSA) is 88.8 Å².